The predicted octanol–water partition coefficient (Wildman–Crippen LogP) is 3.18. The van der Waals surface area contributed by atoms with E-state index in [1.165, 1.54) is 38.6 Å². The van der Waals surface area contributed by atoms with E-state index in [-0.39, 0.29) is 0 Å². The Morgan fingerprint density at radius 1 is 1.39 bits per heavy atom. The number of nitrogens with two attached hydrogens (primary N) is 1. The van der Waals surface area contributed by atoms with Crippen LogP contribution in [0.2, 0.25) is 0 Å². The van der Waals surface area contributed by atoms with Crippen LogP contribution < -0.4 is 5.73 Å². The summed E-state index contributed by atoms with van der Waals surface area (Å²) in [7, 11) is 0. The highest BCUT2D eigenvalue weighted by Crippen LogP contribution is 2.40. The summed E-state index contributed by atoms with van der Waals surface area (Å²) < 4.78 is 0. The Hall–Kier alpha value is -0.380. The van der Waals surface area contributed by atoms with Crippen molar-refractivity contribution in [2.75, 3.05) is 13.1 Å². The highest BCUT2D eigenvalue weighted by atomic mass is 32.1. The number of piperidine rings is 1. The number of fused-ring (bicyclic) bond motifs is 1. The van der Waals surface area contributed by atoms with Crippen molar-refractivity contribution < 1.29 is 0 Å². The van der Waals surface area contributed by atoms with Gasteiger partial charge in [0.1, 0.15) is 0 Å². The lowest BCUT2D eigenvalue weighted by atomic mass is 9.85. The maximum atomic E-state index is 6.05. The molecule has 3 heteroatoms. The molecule has 3 rings (SSSR count). The summed E-state index contributed by atoms with van der Waals surface area (Å²) in [6.07, 6.45) is 6.66. The summed E-state index contributed by atoms with van der Waals surface area (Å²) in [6.45, 7) is 4.43. The van der Waals surface area contributed by atoms with Crippen LogP contribution in [0, 0.1) is 5.92 Å². The highest BCUT2D eigenvalue weighted by Gasteiger charge is 2.35. The molecule has 2 N–H and O–H groups in total. The molecular formula is C15H24N2S. The van der Waals surface area contributed by atoms with Crippen LogP contribution in [-0.2, 0) is 6.42 Å². The lowest BCUT2D eigenvalue weighted by Crippen LogP contribution is -2.50. The molecule has 18 heavy (non-hydrogen) atoms. The Balaban J connectivity index is 1.86. The van der Waals surface area contributed by atoms with Gasteiger partial charge in [0.15, 0.2) is 0 Å². The first-order valence-corrected chi connectivity index (χ1v) is 8.21. The number of thiophene rings is 1. The van der Waals surface area contributed by atoms with Crippen LogP contribution in [0.3, 0.4) is 0 Å². The third kappa shape index (κ3) is 2.13. The molecule has 3 unspecified atom stereocenters. The standard InChI is InChI=1S/C15H24N2S/c1-11-4-3-8-17(14(11)10-16)13-5-2-6-15-12(13)7-9-18-15/h7,9,11,13-14H,2-6,8,10,16H2,1H3. The van der Waals surface area contributed by atoms with E-state index in [0.717, 1.165) is 12.5 Å². The van der Waals surface area contributed by atoms with Gasteiger partial charge in [-0.25, -0.2) is 0 Å². The van der Waals surface area contributed by atoms with E-state index in [9.17, 15) is 0 Å². The molecule has 0 aromatic carbocycles. The molecule has 1 fully saturated rings. The fourth-order valence-electron chi connectivity index (χ4n) is 3.84. The van der Waals surface area contributed by atoms with Gasteiger partial charge in [0, 0.05) is 23.5 Å². The molecule has 100 valence electrons. The maximum absolute atomic E-state index is 6.05. The minimum Gasteiger partial charge on any atom is -0.329 e. The van der Waals surface area contributed by atoms with E-state index in [1.807, 2.05) is 11.3 Å². The van der Waals surface area contributed by atoms with Crippen molar-refractivity contribution in [2.24, 2.45) is 11.7 Å². The average Bonchev–Trinajstić information content (AvgIpc) is 2.86. The number of likely N-dealkylation sites (tertiary alicyclic amines) is 1. The largest absolute Gasteiger partial charge is 0.329 e. The Labute approximate surface area is 114 Å². The van der Waals surface area contributed by atoms with E-state index in [1.54, 1.807) is 10.4 Å². The SMILES string of the molecule is CC1CCCN(C2CCCc3sccc32)C1CN. The van der Waals surface area contributed by atoms with Gasteiger partial charge in [-0.2, -0.15) is 0 Å². The third-order valence-electron chi connectivity index (χ3n) is 4.82. The minimum absolute atomic E-state index is 0.592. The molecule has 1 aromatic rings. The zero-order chi connectivity index (χ0) is 12.5. The highest BCUT2D eigenvalue weighted by molar-refractivity contribution is 7.10. The molecule has 2 heterocycles. The van der Waals surface area contributed by atoms with Gasteiger partial charge in [-0.3, -0.25) is 4.90 Å². The second-order valence-electron chi connectivity index (χ2n) is 5.87. The molecule has 0 radical (unpaired) electrons. The molecule has 2 nitrogen and oxygen atoms in total. The minimum atomic E-state index is 0.592. The van der Waals surface area contributed by atoms with Crippen LogP contribution in [0.5, 0.6) is 0 Å². The number of aryl methyl sites for hydroxylation is 1. The van der Waals surface area contributed by atoms with Crippen molar-refractivity contribution in [1.82, 2.24) is 4.90 Å². The molecule has 0 saturated carbocycles. The number of hydrogen-bond acceptors (Lipinski definition) is 3. The lowest BCUT2D eigenvalue weighted by molar-refractivity contribution is 0.0541. The molecule has 0 amide bonds. The van der Waals surface area contributed by atoms with Crippen LogP contribution in [0.25, 0.3) is 0 Å². The van der Waals surface area contributed by atoms with Crippen molar-refractivity contribution >= 4 is 11.3 Å². The van der Waals surface area contributed by atoms with Crippen LogP contribution in [-0.4, -0.2) is 24.0 Å². The summed E-state index contributed by atoms with van der Waals surface area (Å²) in [5.74, 6) is 0.757. The summed E-state index contributed by atoms with van der Waals surface area (Å²) in [6, 6.07) is 3.60. The lowest BCUT2D eigenvalue weighted by Gasteiger charge is -2.45. The predicted molar refractivity (Wildman–Crippen MR) is 77.9 cm³/mol. The van der Waals surface area contributed by atoms with Gasteiger partial charge in [0.05, 0.1) is 0 Å². The second kappa shape index (κ2) is 5.32. The first kappa shape index (κ1) is 12.6. The molecule has 0 spiro atoms. The van der Waals surface area contributed by atoms with E-state index in [0.29, 0.717) is 12.1 Å². The Bertz CT molecular complexity index is 401. The van der Waals surface area contributed by atoms with Crippen molar-refractivity contribution in [3.63, 3.8) is 0 Å². The van der Waals surface area contributed by atoms with Gasteiger partial charge in [0.2, 0.25) is 0 Å². The fourth-order valence-corrected chi connectivity index (χ4v) is 4.82. The quantitative estimate of drug-likeness (QED) is 0.889. The summed E-state index contributed by atoms with van der Waals surface area (Å²) in [5, 5.41) is 2.27. The topological polar surface area (TPSA) is 29.3 Å². The molecule has 2 aliphatic rings. The Morgan fingerprint density at radius 2 is 2.28 bits per heavy atom. The van der Waals surface area contributed by atoms with Gasteiger partial charge in [-0.1, -0.05) is 6.92 Å². The zero-order valence-electron chi connectivity index (χ0n) is 11.3. The number of nitrogens with zero attached hydrogens (tertiary/aromatic N) is 1. The Morgan fingerprint density at radius 3 is 3.11 bits per heavy atom. The van der Waals surface area contributed by atoms with Gasteiger partial charge >= 0.3 is 0 Å². The number of rotatable bonds is 2. The summed E-state index contributed by atoms with van der Waals surface area (Å²) in [4.78, 5) is 4.35. The fraction of sp³-hybridized carbons (Fsp3) is 0.733. The van der Waals surface area contributed by atoms with Crippen LogP contribution in [0.4, 0.5) is 0 Å². The molecule has 1 aliphatic heterocycles. The van der Waals surface area contributed by atoms with E-state index < -0.39 is 0 Å². The van der Waals surface area contributed by atoms with E-state index in [2.05, 4.69) is 23.3 Å². The first-order valence-electron chi connectivity index (χ1n) is 7.33. The van der Waals surface area contributed by atoms with Gasteiger partial charge < -0.3 is 5.73 Å². The van der Waals surface area contributed by atoms with Gasteiger partial charge in [-0.05, 0) is 61.6 Å². The molecule has 1 saturated heterocycles. The summed E-state index contributed by atoms with van der Waals surface area (Å²) in [5.41, 5.74) is 7.66. The van der Waals surface area contributed by atoms with E-state index >= 15 is 0 Å². The van der Waals surface area contributed by atoms with Crippen molar-refractivity contribution in [1.29, 1.82) is 0 Å². The summed E-state index contributed by atoms with van der Waals surface area (Å²) >= 11 is 1.94. The normalized spacial score (nSPS) is 33.3. The monoisotopic (exact) mass is 264 g/mol. The van der Waals surface area contributed by atoms with Crippen molar-refractivity contribution in [2.45, 2.75) is 51.1 Å². The van der Waals surface area contributed by atoms with E-state index in [4.69, 9.17) is 5.73 Å². The molecular weight excluding hydrogens is 240 g/mol. The van der Waals surface area contributed by atoms with Crippen LogP contribution in [0.1, 0.15) is 49.1 Å². The van der Waals surface area contributed by atoms with Crippen molar-refractivity contribution in [3.8, 4) is 0 Å². The molecule has 0 bridgehead atoms. The maximum Gasteiger partial charge on any atom is 0.0362 e. The van der Waals surface area contributed by atoms with Crippen LogP contribution >= 0.6 is 11.3 Å². The third-order valence-corrected chi connectivity index (χ3v) is 5.82. The Kier molecular flexibility index (Phi) is 3.73. The molecule has 1 aliphatic carbocycles. The molecule has 1 aromatic heterocycles. The van der Waals surface area contributed by atoms with Gasteiger partial charge in [-0.15, -0.1) is 11.3 Å². The number of hydrogen-bond donors (Lipinski definition) is 1. The zero-order valence-corrected chi connectivity index (χ0v) is 12.1. The van der Waals surface area contributed by atoms with Gasteiger partial charge in [0.25, 0.3) is 0 Å². The average molecular weight is 264 g/mol. The van der Waals surface area contributed by atoms with Crippen molar-refractivity contribution in [3.05, 3.63) is 21.9 Å². The second-order valence-corrected chi connectivity index (χ2v) is 6.87. The van der Waals surface area contributed by atoms with Crippen LogP contribution in [0.15, 0.2) is 11.4 Å². The molecule has 3 atom stereocenters. The first-order chi connectivity index (χ1) is 8.81. The smallest absolute Gasteiger partial charge is 0.0362 e.